The molecule has 0 unspecified atom stereocenters. The quantitative estimate of drug-likeness (QED) is 0.397. The van der Waals surface area contributed by atoms with Crippen molar-refractivity contribution in [3.63, 3.8) is 0 Å². The van der Waals surface area contributed by atoms with Gasteiger partial charge >= 0.3 is 0 Å². The molecular formula is C18H19N5O2S. The summed E-state index contributed by atoms with van der Waals surface area (Å²) in [4.78, 5) is 23.0. The molecule has 0 atom stereocenters. The molecule has 0 aliphatic heterocycles. The van der Waals surface area contributed by atoms with E-state index in [1.807, 2.05) is 42.0 Å². The Kier molecular flexibility index (Phi) is 5.43. The van der Waals surface area contributed by atoms with Gasteiger partial charge in [-0.25, -0.2) is 4.98 Å². The van der Waals surface area contributed by atoms with Crippen molar-refractivity contribution in [3.8, 4) is 11.6 Å². The van der Waals surface area contributed by atoms with Crippen molar-refractivity contribution < 1.29 is 5.11 Å². The molecular weight excluding hydrogens is 350 g/mol. The maximum Gasteiger partial charge on any atom is 0.264 e. The van der Waals surface area contributed by atoms with Crippen LogP contribution >= 0.6 is 12.2 Å². The number of nitrogens with zero attached hydrogens (tertiary/aromatic N) is 4. The number of hydrogen-bond donors (Lipinski definition) is 2. The summed E-state index contributed by atoms with van der Waals surface area (Å²) in [5.41, 5.74) is 1.26. The summed E-state index contributed by atoms with van der Waals surface area (Å²) in [6.07, 6.45) is 7.54. The van der Waals surface area contributed by atoms with Crippen LogP contribution in [0, 0.1) is 11.7 Å². The van der Waals surface area contributed by atoms with Crippen LogP contribution in [0.5, 0.6) is 5.88 Å². The molecule has 3 rings (SSSR count). The van der Waals surface area contributed by atoms with Crippen molar-refractivity contribution in [2.45, 2.75) is 19.9 Å². The number of aromatic nitrogens is 4. The molecule has 2 N–H and O–H groups in total. The number of aromatic hydroxyl groups is 1. The largest absolute Gasteiger partial charge is 0.494 e. The Bertz CT molecular complexity index is 1030. The Hall–Kier alpha value is -3.00. The van der Waals surface area contributed by atoms with Gasteiger partial charge in [-0.05, 0) is 37.2 Å². The summed E-state index contributed by atoms with van der Waals surface area (Å²) in [5.74, 6) is -0.216. The number of hydrogen-bond acceptors (Lipinski definition) is 5. The summed E-state index contributed by atoms with van der Waals surface area (Å²) in [6, 6.07) is 7.48. The smallest absolute Gasteiger partial charge is 0.264 e. The Labute approximate surface area is 155 Å². The molecule has 0 amide bonds. The highest BCUT2D eigenvalue weighted by atomic mass is 32.1. The summed E-state index contributed by atoms with van der Waals surface area (Å²) < 4.78 is 3.54. The van der Waals surface area contributed by atoms with Gasteiger partial charge < -0.3 is 9.67 Å². The summed E-state index contributed by atoms with van der Waals surface area (Å²) in [5, 5.41) is 10.6. The highest BCUT2D eigenvalue weighted by molar-refractivity contribution is 7.71. The number of imidazole rings is 1. The molecule has 0 saturated carbocycles. The summed E-state index contributed by atoms with van der Waals surface area (Å²) in [7, 11) is 0. The van der Waals surface area contributed by atoms with E-state index in [0.29, 0.717) is 12.2 Å². The number of H-pyrrole nitrogens is 1. The van der Waals surface area contributed by atoms with Crippen LogP contribution in [-0.2, 0) is 6.54 Å². The van der Waals surface area contributed by atoms with Crippen LogP contribution in [0.1, 0.15) is 17.5 Å². The monoisotopic (exact) mass is 369 g/mol. The van der Waals surface area contributed by atoms with Crippen LogP contribution in [-0.4, -0.2) is 37.0 Å². The van der Waals surface area contributed by atoms with Crippen LogP contribution < -0.4 is 5.56 Å². The zero-order chi connectivity index (χ0) is 18.5. The number of aliphatic imine (C=N–C) groups is 1. The number of benzene rings is 1. The molecule has 3 aromatic rings. The molecule has 26 heavy (non-hydrogen) atoms. The van der Waals surface area contributed by atoms with Crippen molar-refractivity contribution >= 4 is 18.4 Å². The zero-order valence-electron chi connectivity index (χ0n) is 14.3. The Morgan fingerprint density at radius 2 is 2.19 bits per heavy atom. The lowest BCUT2D eigenvalue weighted by atomic mass is 10.2. The van der Waals surface area contributed by atoms with Crippen LogP contribution in [0.15, 0.2) is 52.8 Å². The third-order valence-corrected chi connectivity index (χ3v) is 4.24. The Balaban J connectivity index is 1.84. The van der Waals surface area contributed by atoms with Crippen molar-refractivity contribution in [3.05, 3.63) is 69.2 Å². The van der Waals surface area contributed by atoms with Gasteiger partial charge in [0.15, 0.2) is 4.77 Å². The third-order valence-electron chi connectivity index (χ3n) is 3.96. The second-order valence-electron chi connectivity index (χ2n) is 5.81. The lowest BCUT2D eigenvalue weighted by molar-refractivity contribution is 0.432. The SMILES string of the molecule is Cc1ccccc1-n1c(O)c(C=NCCCn2ccnc2)c(=O)[nH]c1=S. The molecule has 0 aliphatic carbocycles. The Morgan fingerprint density at radius 1 is 1.38 bits per heavy atom. The lowest BCUT2D eigenvalue weighted by Gasteiger charge is -2.13. The molecule has 0 bridgehead atoms. The lowest BCUT2D eigenvalue weighted by Crippen LogP contribution is -2.18. The number of aromatic amines is 1. The molecule has 0 radical (unpaired) electrons. The van der Waals surface area contributed by atoms with Gasteiger partial charge in [-0.15, -0.1) is 0 Å². The van der Waals surface area contributed by atoms with Gasteiger partial charge in [0.05, 0.1) is 12.0 Å². The van der Waals surface area contributed by atoms with E-state index < -0.39 is 5.56 Å². The van der Waals surface area contributed by atoms with E-state index in [1.54, 1.807) is 12.5 Å². The molecule has 134 valence electrons. The van der Waals surface area contributed by atoms with Gasteiger partial charge in [-0.3, -0.25) is 19.3 Å². The molecule has 2 heterocycles. The van der Waals surface area contributed by atoms with Crippen LogP contribution in [0.4, 0.5) is 0 Å². The molecule has 1 aromatic carbocycles. The minimum atomic E-state index is -0.462. The number of aryl methyl sites for hydroxylation is 2. The molecule has 8 heteroatoms. The van der Waals surface area contributed by atoms with Gasteiger partial charge in [0.25, 0.3) is 5.56 Å². The molecule has 0 aliphatic rings. The van der Waals surface area contributed by atoms with E-state index in [1.165, 1.54) is 10.8 Å². The standard InChI is InChI=1S/C18H19N5O2S/c1-13-5-2-3-6-15(13)23-17(25)14(16(24)21-18(23)26)11-19-7-4-9-22-10-8-20-12-22/h2-3,5-6,8,10-12,25H,4,7,9H2,1H3,(H,21,24,26). The van der Waals surface area contributed by atoms with E-state index in [4.69, 9.17) is 12.2 Å². The van der Waals surface area contributed by atoms with E-state index in [0.717, 1.165) is 18.5 Å². The minimum absolute atomic E-state index is 0.0875. The normalized spacial score (nSPS) is 11.3. The predicted molar refractivity (Wildman–Crippen MR) is 103 cm³/mol. The first-order valence-electron chi connectivity index (χ1n) is 8.18. The average molecular weight is 369 g/mol. The van der Waals surface area contributed by atoms with Crippen molar-refractivity contribution in [1.29, 1.82) is 0 Å². The fraction of sp³-hybridized carbons (Fsp3) is 0.222. The van der Waals surface area contributed by atoms with Gasteiger partial charge in [0, 0.05) is 31.7 Å². The summed E-state index contributed by atoms with van der Waals surface area (Å²) >= 11 is 5.22. The first-order valence-corrected chi connectivity index (χ1v) is 8.58. The third kappa shape index (κ3) is 3.80. The van der Waals surface area contributed by atoms with E-state index in [-0.39, 0.29) is 16.2 Å². The van der Waals surface area contributed by atoms with Crippen molar-refractivity contribution in [1.82, 2.24) is 19.1 Å². The topological polar surface area (TPSA) is 88.2 Å². The molecule has 7 nitrogen and oxygen atoms in total. The molecule has 0 spiro atoms. The maximum atomic E-state index is 12.2. The molecule has 2 aromatic heterocycles. The van der Waals surface area contributed by atoms with Crippen molar-refractivity contribution in [2.75, 3.05) is 6.54 Å². The number of nitrogens with one attached hydrogen (secondary N) is 1. The Morgan fingerprint density at radius 3 is 2.92 bits per heavy atom. The summed E-state index contributed by atoms with van der Waals surface area (Å²) in [6.45, 7) is 3.22. The van der Waals surface area contributed by atoms with Gasteiger partial charge in [-0.2, -0.15) is 0 Å². The highest BCUT2D eigenvalue weighted by Crippen LogP contribution is 2.21. The fourth-order valence-electron chi connectivity index (χ4n) is 2.61. The zero-order valence-corrected chi connectivity index (χ0v) is 15.1. The second-order valence-corrected chi connectivity index (χ2v) is 6.19. The van der Waals surface area contributed by atoms with Crippen LogP contribution in [0.25, 0.3) is 5.69 Å². The molecule has 0 fully saturated rings. The number of rotatable bonds is 6. The van der Waals surface area contributed by atoms with E-state index in [9.17, 15) is 9.90 Å². The van der Waals surface area contributed by atoms with Crippen molar-refractivity contribution in [2.24, 2.45) is 4.99 Å². The second kappa shape index (κ2) is 7.92. The van der Waals surface area contributed by atoms with Crippen LogP contribution in [0.2, 0.25) is 0 Å². The van der Waals surface area contributed by atoms with Crippen LogP contribution in [0.3, 0.4) is 0 Å². The predicted octanol–water partition coefficient (Wildman–Crippen LogP) is 2.61. The first-order chi connectivity index (χ1) is 12.6. The number of para-hydroxylation sites is 1. The first kappa shape index (κ1) is 17.8. The van der Waals surface area contributed by atoms with E-state index in [2.05, 4.69) is 15.0 Å². The maximum absolute atomic E-state index is 12.2. The van der Waals surface area contributed by atoms with E-state index >= 15 is 0 Å². The average Bonchev–Trinajstić information content (AvgIpc) is 3.12. The van der Waals surface area contributed by atoms with Gasteiger partial charge in [-0.1, -0.05) is 18.2 Å². The minimum Gasteiger partial charge on any atom is -0.494 e. The van der Waals surface area contributed by atoms with Gasteiger partial charge in [0.2, 0.25) is 5.88 Å². The molecule has 0 saturated heterocycles. The van der Waals surface area contributed by atoms with Gasteiger partial charge in [0.1, 0.15) is 5.56 Å². The fourth-order valence-corrected chi connectivity index (χ4v) is 2.89. The highest BCUT2D eigenvalue weighted by Gasteiger charge is 2.13.